The molecule has 1 heterocycles. The Kier molecular flexibility index (Phi) is 4.61. The number of hydrogen-bond donors (Lipinski definition) is 1. The van der Waals surface area contributed by atoms with Crippen molar-refractivity contribution in [3.63, 3.8) is 0 Å². The van der Waals surface area contributed by atoms with E-state index in [1.807, 2.05) is 30.5 Å². The lowest BCUT2D eigenvalue weighted by molar-refractivity contribution is 0.404. The summed E-state index contributed by atoms with van der Waals surface area (Å²) >= 11 is 0. The van der Waals surface area contributed by atoms with Crippen LogP contribution in [-0.4, -0.2) is 25.7 Å². The van der Waals surface area contributed by atoms with Crippen LogP contribution in [0.2, 0.25) is 0 Å². The maximum atomic E-state index is 5.32. The van der Waals surface area contributed by atoms with E-state index in [2.05, 4.69) is 16.4 Å². The Labute approximate surface area is 113 Å². The summed E-state index contributed by atoms with van der Waals surface area (Å²) in [5.74, 6) is 1.62. The van der Waals surface area contributed by atoms with Gasteiger partial charge in [0, 0.05) is 25.0 Å². The van der Waals surface area contributed by atoms with Gasteiger partial charge in [0.15, 0.2) is 0 Å². The normalized spacial score (nSPS) is 10.0. The summed E-state index contributed by atoms with van der Waals surface area (Å²) in [6.07, 6.45) is 4.57. The minimum Gasteiger partial charge on any atom is -0.497 e. The highest BCUT2D eigenvalue weighted by Crippen LogP contribution is 2.28. The first-order valence-electron chi connectivity index (χ1n) is 6.18. The summed E-state index contributed by atoms with van der Waals surface area (Å²) in [5.41, 5.74) is 2.14. The Morgan fingerprint density at radius 3 is 2.74 bits per heavy atom. The lowest BCUT2D eigenvalue weighted by atomic mass is 10.2. The zero-order valence-corrected chi connectivity index (χ0v) is 11.2. The van der Waals surface area contributed by atoms with Gasteiger partial charge in [-0.05, 0) is 30.2 Å². The van der Waals surface area contributed by atoms with E-state index >= 15 is 0 Å². The van der Waals surface area contributed by atoms with Gasteiger partial charge in [0.1, 0.15) is 11.5 Å². The molecule has 19 heavy (non-hydrogen) atoms. The van der Waals surface area contributed by atoms with Gasteiger partial charge in [-0.15, -0.1) is 0 Å². The zero-order chi connectivity index (χ0) is 13.5. The highest BCUT2D eigenvalue weighted by molar-refractivity contribution is 5.59. The number of ether oxygens (including phenoxy) is 2. The van der Waals surface area contributed by atoms with Gasteiger partial charge < -0.3 is 14.8 Å². The van der Waals surface area contributed by atoms with Gasteiger partial charge in [0.25, 0.3) is 0 Å². The maximum Gasteiger partial charge on any atom is 0.142 e. The van der Waals surface area contributed by atoms with Crippen LogP contribution in [0.1, 0.15) is 5.56 Å². The van der Waals surface area contributed by atoms with Crippen LogP contribution in [0.15, 0.2) is 42.7 Å². The number of hydrogen-bond acceptors (Lipinski definition) is 4. The molecule has 4 nitrogen and oxygen atoms in total. The monoisotopic (exact) mass is 258 g/mol. The zero-order valence-electron chi connectivity index (χ0n) is 11.2. The molecule has 0 atom stereocenters. The van der Waals surface area contributed by atoms with Crippen LogP contribution >= 0.6 is 0 Å². The molecule has 0 radical (unpaired) electrons. The minimum atomic E-state index is 0.810. The van der Waals surface area contributed by atoms with Crippen molar-refractivity contribution in [3.05, 3.63) is 48.3 Å². The third kappa shape index (κ3) is 3.61. The van der Waals surface area contributed by atoms with Crippen molar-refractivity contribution < 1.29 is 9.47 Å². The van der Waals surface area contributed by atoms with Crippen LogP contribution in [0.4, 0.5) is 5.69 Å². The number of rotatable bonds is 6. The van der Waals surface area contributed by atoms with Crippen LogP contribution in [0, 0.1) is 0 Å². The lowest BCUT2D eigenvalue weighted by Gasteiger charge is -2.12. The number of nitrogens with zero attached hydrogens (tertiary/aromatic N) is 1. The first kappa shape index (κ1) is 13.2. The molecule has 0 bridgehead atoms. The molecule has 0 spiro atoms. The van der Waals surface area contributed by atoms with E-state index in [1.165, 1.54) is 5.56 Å². The number of benzene rings is 1. The Bertz CT molecular complexity index is 515. The first-order valence-corrected chi connectivity index (χ1v) is 6.18. The molecule has 1 aromatic heterocycles. The maximum absolute atomic E-state index is 5.32. The Morgan fingerprint density at radius 2 is 2.05 bits per heavy atom. The van der Waals surface area contributed by atoms with Crippen LogP contribution in [0.5, 0.6) is 11.5 Å². The molecule has 0 aliphatic rings. The summed E-state index contributed by atoms with van der Waals surface area (Å²) in [4.78, 5) is 4.10. The van der Waals surface area contributed by atoms with Gasteiger partial charge in [0.05, 0.1) is 19.9 Å². The smallest absolute Gasteiger partial charge is 0.142 e. The SMILES string of the molecule is COc1ccc(OC)c(NCCc2cccnc2)c1. The van der Waals surface area contributed by atoms with Gasteiger partial charge in [-0.25, -0.2) is 0 Å². The van der Waals surface area contributed by atoms with Crippen molar-refractivity contribution in [2.75, 3.05) is 26.1 Å². The highest BCUT2D eigenvalue weighted by Gasteiger charge is 2.04. The Morgan fingerprint density at radius 1 is 1.16 bits per heavy atom. The molecule has 0 amide bonds. The van der Waals surface area contributed by atoms with E-state index in [4.69, 9.17) is 9.47 Å². The van der Waals surface area contributed by atoms with Crippen LogP contribution < -0.4 is 14.8 Å². The molecule has 2 aromatic rings. The summed E-state index contributed by atoms with van der Waals surface area (Å²) in [6, 6.07) is 9.72. The molecule has 1 N–H and O–H groups in total. The molecule has 0 fully saturated rings. The van der Waals surface area contributed by atoms with E-state index < -0.39 is 0 Å². The fourth-order valence-corrected chi connectivity index (χ4v) is 1.84. The average Bonchev–Trinajstić information content (AvgIpc) is 2.48. The van der Waals surface area contributed by atoms with Crippen molar-refractivity contribution in [3.8, 4) is 11.5 Å². The third-order valence-corrected chi connectivity index (χ3v) is 2.86. The predicted molar refractivity (Wildman–Crippen MR) is 76.0 cm³/mol. The second-order valence-electron chi connectivity index (χ2n) is 4.10. The second kappa shape index (κ2) is 6.64. The molecule has 4 heteroatoms. The van der Waals surface area contributed by atoms with Crippen LogP contribution in [0.3, 0.4) is 0 Å². The van der Waals surface area contributed by atoms with E-state index in [1.54, 1.807) is 20.4 Å². The lowest BCUT2D eigenvalue weighted by Crippen LogP contribution is -2.06. The fourth-order valence-electron chi connectivity index (χ4n) is 1.84. The Hall–Kier alpha value is -2.23. The molecule has 1 aromatic carbocycles. The summed E-state index contributed by atoms with van der Waals surface area (Å²) in [7, 11) is 3.31. The van der Waals surface area contributed by atoms with Crippen molar-refractivity contribution >= 4 is 5.69 Å². The molecule has 2 rings (SSSR count). The van der Waals surface area contributed by atoms with Gasteiger partial charge in [-0.3, -0.25) is 4.98 Å². The number of nitrogens with one attached hydrogen (secondary N) is 1. The molecule has 0 unspecified atom stereocenters. The number of pyridine rings is 1. The quantitative estimate of drug-likeness (QED) is 0.865. The second-order valence-corrected chi connectivity index (χ2v) is 4.10. The molecule has 0 aliphatic carbocycles. The number of aromatic nitrogens is 1. The van der Waals surface area contributed by atoms with Crippen LogP contribution in [0.25, 0.3) is 0 Å². The van der Waals surface area contributed by atoms with E-state index in [0.717, 1.165) is 30.2 Å². The Balaban J connectivity index is 1.98. The molecule has 0 aliphatic heterocycles. The third-order valence-electron chi connectivity index (χ3n) is 2.86. The van der Waals surface area contributed by atoms with E-state index in [9.17, 15) is 0 Å². The van der Waals surface area contributed by atoms with Gasteiger partial charge in [-0.2, -0.15) is 0 Å². The van der Waals surface area contributed by atoms with Crippen molar-refractivity contribution in [2.24, 2.45) is 0 Å². The molecular weight excluding hydrogens is 240 g/mol. The summed E-state index contributed by atoms with van der Waals surface area (Å²) < 4.78 is 10.5. The number of methoxy groups -OCH3 is 2. The van der Waals surface area contributed by atoms with Gasteiger partial charge >= 0.3 is 0 Å². The van der Waals surface area contributed by atoms with Gasteiger partial charge in [-0.1, -0.05) is 6.07 Å². The summed E-state index contributed by atoms with van der Waals surface area (Å²) in [5, 5.41) is 3.35. The average molecular weight is 258 g/mol. The van der Waals surface area contributed by atoms with Crippen LogP contribution in [-0.2, 0) is 6.42 Å². The first-order chi connectivity index (χ1) is 9.33. The largest absolute Gasteiger partial charge is 0.497 e. The van der Waals surface area contributed by atoms with Crippen molar-refractivity contribution in [1.82, 2.24) is 4.98 Å². The van der Waals surface area contributed by atoms with Crippen molar-refractivity contribution in [1.29, 1.82) is 0 Å². The predicted octanol–water partition coefficient (Wildman–Crippen LogP) is 2.75. The molecular formula is C15H18N2O2. The number of anilines is 1. The molecule has 0 saturated carbocycles. The van der Waals surface area contributed by atoms with E-state index in [-0.39, 0.29) is 0 Å². The summed E-state index contributed by atoms with van der Waals surface area (Å²) in [6.45, 7) is 0.815. The van der Waals surface area contributed by atoms with E-state index in [0.29, 0.717) is 0 Å². The standard InChI is InChI=1S/C15H18N2O2/c1-18-13-5-6-15(19-2)14(10-13)17-9-7-12-4-3-8-16-11-12/h3-6,8,10-11,17H,7,9H2,1-2H3. The van der Waals surface area contributed by atoms with Crippen molar-refractivity contribution in [2.45, 2.75) is 6.42 Å². The van der Waals surface area contributed by atoms with Gasteiger partial charge in [0.2, 0.25) is 0 Å². The molecule has 100 valence electrons. The fraction of sp³-hybridized carbons (Fsp3) is 0.267. The minimum absolute atomic E-state index is 0.810. The molecule has 0 saturated heterocycles. The topological polar surface area (TPSA) is 43.4 Å². The highest BCUT2D eigenvalue weighted by atomic mass is 16.5.